The fourth-order valence-corrected chi connectivity index (χ4v) is 2.90. The summed E-state index contributed by atoms with van der Waals surface area (Å²) in [6, 6.07) is 2.26. The average Bonchev–Trinajstić information content (AvgIpc) is 2.72. The molecular formula is C12H19NS. The Morgan fingerprint density at radius 3 is 2.93 bits per heavy atom. The van der Waals surface area contributed by atoms with E-state index >= 15 is 0 Å². The van der Waals surface area contributed by atoms with Gasteiger partial charge in [-0.15, -0.1) is 0 Å². The van der Waals surface area contributed by atoms with Crippen molar-refractivity contribution in [2.24, 2.45) is 5.92 Å². The lowest BCUT2D eigenvalue weighted by Crippen LogP contribution is -2.27. The molecule has 0 bridgehead atoms. The second-order valence-corrected chi connectivity index (χ2v) is 5.00. The summed E-state index contributed by atoms with van der Waals surface area (Å²) >= 11 is 1.82. The van der Waals surface area contributed by atoms with Crippen LogP contribution in [-0.4, -0.2) is 13.1 Å². The molecule has 78 valence electrons. The van der Waals surface area contributed by atoms with Crippen molar-refractivity contribution in [1.82, 2.24) is 5.32 Å². The van der Waals surface area contributed by atoms with Crippen molar-refractivity contribution in [3.8, 4) is 0 Å². The van der Waals surface area contributed by atoms with Crippen LogP contribution in [0, 0.1) is 5.92 Å². The van der Waals surface area contributed by atoms with Gasteiger partial charge in [0.1, 0.15) is 0 Å². The summed E-state index contributed by atoms with van der Waals surface area (Å²) in [4.78, 5) is 0. The largest absolute Gasteiger partial charge is 0.317 e. The van der Waals surface area contributed by atoms with Gasteiger partial charge in [-0.2, -0.15) is 11.3 Å². The molecular weight excluding hydrogens is 190 g/mol. The maximum atomic E-state index is 3.42. The number of piperidine rings is 1. The van der Waals surface area contributed by atoms with Crippen LogP contribution in [0.3, 0.4) is 0 Å². The molecule has 1 saturated heterocycles. The van der Waals surface area contributed by atoms with Gasteiger partial charge in [-0.25, -0.2) is 0 Å². The highest BCUT2D eigenvalue weighted by Crippen LogP contribution is 2.19. The molecule has 1 fully saturated rings. The average molecular weight is 209 g/mol. The fourth-order valence-electron chi connectivity index (χ4n) is 2.20. The summed E-state index contributed by atoms with van der Waals surface area (Å²) in [5.74, 6) is 0.995. The second kappa shape index (κ2) is 5.52. The lowest BCUT2D eigenvalue weighted by Gasteiger charge is -2.22. The molecule has 2 heteroatoms. The van der Waals surface area contributed by atoms with Crippen molar-refractivity contribution < 1.29 is 0 Å². The first-order chi connectivity index (χ1) is 6.95. The van der Waals surface area contributed by atoms with Gasteiger partial charge in [0.2, 0.25) is 0 Å². The van der Waals surface area contributed by atoms with E-state index < -0.39 is 0 Å². The number of rotatable bonds is 4. The Kier molecular flexibility index (Phi) is 4.02. The quantitative estimate of drug-likeness (QED) is 0.803. The fraction of sp³-hybridized carbons (Fsp3) is 0.667. The zero-order valence-corrected chi connectivity index (χ0v) is 9.48. The molecule has 0 unspecified atom stereocenters. The molecule has 0 radical (unpaired) electrons. The Morgan fingerprint density at radius 1 is 1.36 bits per heavy atom. The topological polar surface area (TPSA) is 12.0 Å². The van der Waals surface area contributed by atoms with E-state index in [1.807, 2.05) is 11.3 Å². The predicted molar refractivity (Wildman–Crippen MR) is 62.9 cm³/mol. The molecule has 1 nitrogen and oxygen atoms in total. The van der Waals surface area contributed by atoms with Crippen LogP contribution >= 0.6 is 11.3 Å². The molecule has 0 atom stereocenters. The van der Waals surface area contributed by atoms with E-state index in [9.17, 15) is 0 Å². The molecule has 0 saturated carbocycles. The molecule has 2 rings (SSSR count). The predicted octanol–water partition coefficient (Wildman–Crippen LogP) is 3.07. The van der Waals surface area contributed by atoms with E-state index in [1.165, 1.54) is 50.8 Å². The van der Waals surface area contributed by atoms with Crippen LogP contribution in [0.2, 0.25) is 0 Å². The van der Waals surface area contributed by atoms with E-state index in [2.05, 4.69) is 22.1 Å². The van der Waals surface area contributed by atoms with Crippen molar-refractivity contribution in [2.45, 2.75) is 32.1 Å². The molecule has 0 aromatic carbocycles. The molecule has 0 amide bonds. The van der Waals surface area contributed by atoms with Crippen LogP contribution in [0.15, 0.2) is 16.8 Å². The summed E-state index contributed by atoms with van der Waals surface area (Å²) in [5.41, 5.74) is 1.53. The molecule has 14 heavy (non-hydrogen) atoms. The third-order valence-corrected chi connectivity index (χ3v) is 3.85. The van der Waals surface area contributed by atoms with Gasteiger partial charge in [-0.05, 0) is 67.1 Å². The van der Waals surface area contributed by atoms with Crippen LogP contribution in [0.1, 0.15) is 31.2 Å². The minimum atomic E-state index is 0.995. The lowest BCUT2D eigenvalue weighted by molar-refractivity contribution is 0.347. The van der Waals surface area contributed by atoms with Gasteiger partial charge < -0.3 is 5.32 Å². The highest BCUT2D eigenvalue weighted by molar-refractivity contribution is 7.07. The highest BCUT2D eigenvalue weighted by Gasteiger charge is 2.11. The summed E-state index contributed by atoms with van der Waals surface area (Å²) < 4.78 is 0. The van der Waals surface area contributed by atoms with Gasteiger partial charge in [0.15, 0.2) is 0 Å². The molecule has 1 aliphatic rings. The van der Waals surface area contributed by atoms with Crippen LogP contribution < -0.4 is 5.32 Å². The van der Waals surface area contributed by atoms with Crippen molar-refractivity contribution in [3.63, 3.8) is 0 Å². The van der Waals surface area contributed by atoms with Crippen LogP contribution in [0.4, 0.5) is 0 Å². The molecule has 0 spiro atoms. The zero-order valence-electron chi connectivity index (χ0n) is 8.67. The maximum Gasteiger partial charge on any atom is -0.00463 e. The number of hydrogen-bond donors (Lipinski definition) is 1. The third-order valence-electron chi connectivity index (χ3n) is 3.12. The van der Waals surface area contributed by atoms with E-state index in [0.29, 0.717) is 0 Å². The van der Waals surface area contributed by atoms with Crippen LogP contribution in [0.25, 0.3) is 0 Å². The Bertz CT molecular complexity index is 237. The molecule has 0 aliphatic carbocycles. The normalized spacial score (nSPS) is 18.6. The third kappa shape index (κ3) is 3.10. The highest BCUT2D eigenvalue weighted by atomic mass is 32.1. The van der Waals surface area contributed by atoms with E-state index in [1.54, 1.807) is 0 Å². The summed E-state index contributed by atoms with van der Waals surface area (Å²) in [6.07, 6.45) is 6.87. The monoisotopic (exact) mass is 209 g/mol. The minimum Gasteiger partial charge on any atom is -0.317 e. The van der Waals surface area contributed by atoms with Crippen LogP contribution in [0.5, 0.6) is 0 Å². The lowest BCUT2D eigenvalue weighted by atomic mass is 9.92. The standard InChI is InChI=1S/C12H19NS/c1(3-12-6-9-14-10-12)2-11-4-7-13-8-5-11/h6,9-11,13H,1-5,7-8H2. The zero-order chi connectivity index (χ0) is 9.64. The van der Waals surface area contributed by atoms with E-state index in [4.69, 9.17) is 0 Å². The van der Waals surface area contributed by atoms with Crippen LogP contribution in [-0.2, 0) is 6.42 Å². The van der Waals surface area contributed by atoms with Gasteiger partial charge in [-0.3, -0.25) is 0 Å². The van der Waals surface area contributed by atoms with Gasteiger partial charge in [0.25, 0.3) is 0 Å². The maximum absolute atomic E-state index is 3.42. The minimum absolute atomic E-state index is 0.995. The number of aryl methyl sites for hydroxylation is 1. The number of hydrogen-bond acceptors (Lipinski definition) is 2. The summed E-state index contributed by atoms with van der Waals surface area (Å²) in [5, 5.41) is 7.88. The first-order valence-electron chi connectivity index (χ1n) is 5.67. The summed E-state index contributed by atoms with van der Waals surface area (Å²) in [7, 11) is 0. The van der Waals surface area contributed by atoms with Crippen molar-refractivity contribution in [1.29, 1.82) is 0 Å². The van der Waals surface area contributed by atoms with Gasteiger partial charge in [-0.1, -0.05) is 6.42 Å². The molecule has 1 aromatic heterocycles. The van der Waals surface area contributed by atoms with Crippen molar-refractivity contribution in [3.05, 3.63) is 22.4 Å². The molecule has 1 N–H and O–H groups in total. The first kappa shape index (κ1) is 10.2. The van der Waals surface area contributed by atoms with Crippen molar-refractivity contribution >= 4 is 11.3 Å². The second-order valence-electron chi connectivity index (χ2n) is 4.22. The Morgan fingerprint density at radius 2 is 2.21 bits per heavy atom. The molecule has 2 heterocycles. The number of nitrogens with one attached hydrogen (secondary N) is 1. The molecule has 1 aromatic rings. The first-order valence-corrected chi connectivity index (χ1v) is 6.61. The summed E-state index contributed by atoms with van der Waals surface area (Å²) in [6.45, 7) is 2.48. The van der Waals surface area contributed by atoms with Crippen molar-refractivity contribution in [2.75, 3.05) is 13.1 Å². The SMILES string of the molecule is c1cc(CCCC2CCNCC2)cs1. The van der Waals surface area contributed by atoms with Gasteiger partial charge >= 0.3 is 0 Å². The number of thiophene rings is 1. The van der Waals surface area contributed by atoms with Gasteiger partial charge in [0.05, 0.1) is 0 Å². The van der Waals surface area contributed by atoms with Gasteiger partial charge in [0, 0.05) is 0 Å². The Hall–Kier alpha value is -0.340. The Balaban J connectivity index is 1.62. The van der Waals surface area contributed by atoms with E-state index in [0.717, 1.165) is 5.92 Å². The van der Waals surface area contributed by atoms with E-state index in [-0.39, 0.29) is 0 Å². The Labute approximate surface area is 90.5 Å². The smallest absolute Gasteiger partial charge is 0.00463 e. The molecule has 1 aliphatic heterocycles.